The summed E-state index contributed by atoms with van der Waals surface area (Å²) in [6.07, 6.45) is 0. The van der Waals surface area contributed by atoms with Gasteiger partial charge in [-0.3, -0.25) is 9.36 Å². The molecule has 0 radical (unpaired) electrons. The average Bonchev–Trinajstić information content (AvgIpc) is 3.04. The van der Waals surface area contributed by atoms with Gasteiger partial charge in [-0.15, -0.1) is 10.2 Å². The highest BCUT2D eigenvalue weighted by Gasteiger charge is 2.20. The maximum absolute atomic E-state index is 11.8. The van der Waals surface area contributed by atoms with Gasteiger partial charge in [0.05, 0.1) is 4.91 Å². The van der Waals surface area contributed by atoms with Crippen molar-refractivity contribution in [3.8, 4) is 17.1 Å². The lowest BCUT2D eigenvalue weighted by atomic mass is 10.2. The second kappa shape index (κ2) is 7.76. The van der Waals surface area contributed by atoms with E-state index in [2.05, 4.69) is 10.2 Å². The molecule has 0 saturated heterocycles. The molecule has 2 aromatic carbocycles. The van der Waals surface area contributed by atoms with E-state index in [-0.39, 0.29) is 16.4 Å². The van der Waals surface area contributed by atoms with E-state index in [4.69, 9.17) is 11.6 Å². The number of hydrogen-bond acceptors (Lipinski definition) is 5. The molecule has 0 unspecified atom stereocenters. The number of para-hydroxylation sites is 1. The molecule has 26 heavy (non-hydrogen) atoms. The van der Waals surface area contributed by atoms with Gasteiger partial charge in [-0.25, -0.2) is 0 Å². The largest absolute Gasteiger partial charge is 0.511 e. The second-order valence-electron chi connectivity index (χ2n) is 5.56. The molecule has 3 aromatic rings. The number of aromatic nitrogens is 3. The van der Waals surface area contributed by atoms with Crippen molar-refractivity contribution in [1.29, 1.82) is 0 Å². The van der Waals surface area contributed by atoms with Crippen LogP contribution in [0.15, 0.2) is 70.4 Å². The molecule has 132 valence electrons. The molecule has 0 aliphatic heterocycles. The third-order valence-electron chi connectivity index (χ3n) is 3.59. The number of aliphatic hydroxyl groups excluding tert-OH is 1. The topological polar surface area (TPSA) is 68.0 Å². The van der Waals surface area contributed by atoms with Crippen LogP contribution in [0, 0.1) is 0 Å². The highest BCUT2D eigenvalue weighted by atomic mass is 35.5. The minimum atomic E-state index is -0.231. The Bertz CT molecular complexity index is 962. The van der Waals surface area contributed by atoms with Crippen LogP contribution in [0.2, 0.25) is 5.02 Å². The molecule has 0 amide bonds. The molecule has 5 nitrogen and oxygen atoms in total. The molecule has 0 fully saturated rings. The van der Waals surface area contributed by atoms with Gasteiger partial charge in [-0.1, -0.05) is 29.8 Å². The fraction of sp³-hybridized carbons (Fsp3) is 0.105. The normalized spacial score (nSPS) is 12.0. The van der Waals surface area contributed by atoms with Crippen molar-refractivity contribution in [3.05, 3.63) is 70.3 Å². The Labute approximate surface area is 160 Å². The van der Waals surface area contributed by atoms with E-state index < -0.39 is 0 Å². The van der Waals surface area contributed by atoms with Crippen molar-refractivity contribution in [2.24, 2.45) is 0 Å². The van der Waals surface area contributed by atoms with Crippen molar-refractivity contribution in [1.82, 2.24) is 14.8 Å². The SMILES string of the molecule is CC(=O)/C(Sc1nnc(-c2ccc(Cl)cc2)n1-c1ccccc1)=C(/C)O. The molecule has 0 spiro atoms. The minimum Gasteiger partial charge on any atom is -0.511 e. The summed E-state index contributed by atoms with van der Waals surface area (Å²) < 4.78 is 1.85. The van der Waals surface area contributed by atoms with Gasteiger partial charge in [0.2, 0.25) is 5.16 Å². The lowest BCUT2D eigenvalue weighted by Gasteiger charge is -2.11. The molecular weight excluding hydrogens is 370 g/mol. The van der Waals surface area contributed by atoms with Crippen molar-refractivity contribution in [2.75, 3.05) is 0 Å². The predicted octanol–water partition coefficient (Wildman–Crippen LogP) is 5.06. The summed E-state index contributed by atoms with van der Waals surface area (Å²) in [4.78, 5) is 12.1. The van der Waals surface area contributed by atoms with Crippen LogP contribution in [0.5, 0.6) is 0 Å². The van der Waals surface area contributed by atoms with E-state index in [1.54, 1.807) is 12.1 Å². The van der Waals surface area contributed by atoms with Crippen LogP contribution >= 0.6 is 23.4 Å². The molecule has 1 aromatic heterocycles. The molecule has 0 bridgehead atoms. The smallest absolute Gasteiger partial charge is 0.201 e. The number of nitrogens with zero attached hydrogens (tertiary/aromatic N) is 3. The fourth-order valence-corrected chi connectivity index (χ4v) is 3.39. The summed E-state index contributed by atoms with van der Waals surface area (Å²) in [5.74, 6) is 0.345. The Morgan fingerprint density at radius 1 is 1.04 bits per heavy atom. The van der Waals surface area contributed by atoms with E-state index in [1.807, 2.05) is 47.0 Å². The quantitative estimate of drug-likeness (QED) is 0.377. The van der Waals surface area contributed by atoms with Crippen LogP contribution in [0.3, 0.4) is 0 Å². The van der Waals surface area contributed by atoms with E-state index in [1.165, 1.54) is 13.8 Å². The Hall–Kier alpha value is -2.57. The van der Waals surface area contributed by atoms with Crippen LogP contribution in [0.1, 0.15) is 13.8 Å². The zero-order chi connectivity index (χ0) is 18.7. The first-order valence-electron chi connectivity index (χ1n) is 7.83. The predicted molar refractivity (Wildman–Crippen MR) is 104 cm³/mol. The number of aliphatic hydroxyl groups is 1. The van der Waals surface area contributed by atoms with Gasteiger partial charge in [0.25, 0.3) is 0 Å². The molecule has 3 rings (SSSR count). The first-order valence-corrected chi connectivity index (χ1v) is 9.02. The van der Waals surface area contributed by atoms with E-state index in [0.29, 0.717) is 16.0 Å². The van der Waals surface area contributed by atoms with Gasteiger partial charge in [-0.2, -0.15) is 0 Å². The molecule has 0 atom stereocenters. The summed E-state index contributed by atoms with van der Waals surface area (Å²) in [7, 11) is 0. The highest BCUT2D eigenvalue weighted by Crippen LogP contribution is 2.33. The Morgan fingerprint density at radius 3 is 2.27 bits per heavy atom. The molecule has 1 heterocycles. The highest BCUT2D eigenvalue weighted by molar-refractivity contribution is 8.03. The van der Waals surface area contributed by atoms with Gasteiger partial charge < -0.3 is 5.11 Å². The molecular formula is C19H16ClN3O2S. The number of ketones is 1. The van der Waals surface area contributed by atoms with Gasteiger partial charge >= 0.3 is 0 Å². The number of hydrogen-bond donors (Lipinski definition) is 1. The maximum atomic E-state index is 11.8. The zero-order valence-corrected chi connectivity index (χ0v) is 15.8. The Morgan fingerprint density at radius 2 is 1.69 bits per heavy atom. The average molecular weight is 386 g/mol. The van der Waals surface area contributed by atoms with Crippen LogP contribution in [0.4, 0.5) is 0 Å². The lowest BCUT2D eigenvalue weighted by Crippen LogP contribution is -2.02. The fourth-order valence-electron chi connectivity index (χ4n) is 2.42. The number of halogens is 1. The van der Waals surface area contributed by atoms with Gasteiger partial charge in [0.1, 0.15) is 5.76 Å². The minimum absolute atomic E-state index is 0.0434. The van der Waals surface area contributed by atoms with Crippen molar-refractivity contribution >= 4 is 29.1 Å². The van der Waals surface area contributed by atoms with Crippen LogP contribution in [-0.2, 0) is 4.79 Å². The number of carbonyl (C=O) groups excluding carboxylic acids is 1. The first kappa shape index (κ1) is 18.2. The zero-order valence-electron chi connectivity index (χ0n) is 14.2. The number of benzene rings is 2. The van der Waals surface area contributed by atoms with E-state index in [9.17, 15) is 9.90 Å². The number of allylic oxidation sites excluding steroid dienone is 2. The third-order valence-corrected chi connectivity index (χ3v) is 5.08. The number of rotatable bonds is 5. The first-order chi connectivity index (χ1) is 12.5. The summed E-state index contributed by atoms with van der Waals surface area (Å²) in [5.41, 5.74) is 1.69. The van der Waals surface area contributed by atoms with Crippen LogP contribution in [-0.4, -0.2) is 25.7 Å². The Balaban J connectivity index is 2.16. The lowest BCUT2D eigenvalue weighted by molar-refractivity contribution is -0.113. The van der Waals surface area contributed by atoms with Crippen LogP contribution in [0.25, 0.3) is 17.1 Å². The summed E-state index contributed by atoms with van der Waals surface area (Å²) >= 11 is 7.07. The second-order valence-corrected chi connectivity index (χ2v) is 6.97. The summed E-state index contributed by atoms with van der Waals surface area (Å²) in [6, 6.07) is 16.9. The number of carbonyl (C=O) groups is 1. The van der Waals surface area contributed by atoms with Gasteiger partial charge in [-0.05, 0) is 62.0 Å². The van der Waals surface area contributed by atoms with Crippen molar-refractivity contribution < 1.29 is 9.90 Å². The number of Topliss-reactive ketones (excluding diaryl/α,β-unsaturated/α-hetero) is 1. The molecule has 0 saturated carbocycles. The molecule has 1 N–H and O–H groups in total. The van der Waals surface area contributed by atoms with Crippen molar-refractivity contribution in [2.45, 2.75) is 19.0 Å². The molecule has 0 aliphatic carbocycles. The Kier molecular flexibility index (Phi) is 5.44. The third kappa shape index (κ3) is 3.81. The maximum Gasteiger partial charge on any atom is 0.201 e. The van der Waals surface area contributed by atoms with Gasteiger partial charge in [0.15, 0.2) is 11.6 Å². The van der Waals surface area contributed by atoms with Crippen LogP contribution < -0.4 is 0 Å². The van der Waals surface area contributed by atoms with Crippen molar-refractivity contribution in [3.63, 3.8) is 0 Å². The van der Waals surface area contributed by atoms with E-state index >= 15 is 0 Å². The number of thioether (sulfide) groups is 1. The molecule has 0 aliphatic rings. The summed E-state index contributed by atoms with van der Waals surface area (Å²) in [5, 5.41) is 19.5. The molecule has 7 heteroatoms. The van der Waals surface area contributed by atoms with E-state index in [0.717, 1.165) is 23.0 Å². The summed E-state index contributed by atoms with van der Waals surface area (Å²) in [6.45, 7) is 2.89. The monoisotopic (exact) mass is 385 g/mol. The standard InChI is InChI=1S/C19H16ClN3O2S/c1-12(24)17(13(2)25)26-19-22-21-18(14-8-10-15(20)11-9-14)23(19)16-6-4-3-5-7-16/h3-11,24H,1-2H3/b17-12+. The van der Waals surface area contributed by atoms with Gasteiger partial charge in [0, 0.05) is 16.3 Å².